The summed E-state index contributed by atoms with van der Waals surface area (Å²) in [5.41, 5.74) is 1.51. The van der Waals surface area contributed by atoms with Crippen LogP contribution in [0.4, 0.5) is 4.39 Å². The standard InChI is InChI=1S/C12H14BrFO/c1-7(2)9-5-10(4-8(3)15)12(14)11(13)6-9/h5-7H,4H2,1-3H3. The van der Waals surface area contributed by atoms with Crippen LogP contribution in [0.1, 0.15) is 37.8 Å². The molecule has 0 radical (unpaired) electrons. The summed E-state index contributed by atoms with van der Waals surface area (Å²) in [6.45, 7) is 5.55. The van der Waals surface area contributed by atoms with Crippen molar-refractivity contribution in [3.05, 3.63) is 33.5 Å². The molecule has 1 nitrogen and oxygen atoms in total. The van der Waals surface area contributed by atoms with Crippen LogP contribution in [-0.2, 0) is 11.2 Å². The van der Waals surface area contributed by atoms with E-state index in [1.807, 2.05) is 13.8 Å². The lowest BCUT2D eigenvalue weighted by Crippen LogP contribution is -2.02. The third-order valence-electron chi connectivity index (χ3n) is 2.23. The maximum atomic E-state index is 13.6. The van der Waals surface area contributed by atoms with Crippen LogP contribution in [0.15, 0.2) is 16.6 Å². The molecule has 0 amide bonds. The van der Waals surface area contributed by atoms with Gasteiger partial charge in [0, 0.05) is 6.42 Å². The van der Waals surface area contributed by atoms with Gasteiger partial charge in [0.15, 0.2) is 0 Å². The quantitative estimate of drug-likeness (QED) is 0.817. The molecule has 0 aromatic heterocycles. The van der Waals surface area contributed by atoms with Gasteiger partial charge in [-0.15, -0.1) is 0 Å². The molecule has 82 valence electrons. The zero-order chi connectivity index (χ0) is 11.6. The number of Topliss-reactive ketones (excluding diaryl/α,β-unsaturated/α-hetero) is 1. The lowest BCUT2D eigenvalue weighted by molar-refractivity contribution is -0.116. The van der Waals surface area contributed by atoms with Gasteiger partial charge in [-0.05, 0) is 46.0 Å². The predicted octanol–water partition coefficient (Wildman–Crippen LogP) is 3.84. The number of ketones is 1. The number of hydrogen-bond donors (Lipinski definition) is 0. The summed E-state index contributed by atoms with van der Waals surface area (Å²) >= 11 is 3.17. The van der Waals surface area contributed by atoms with E-state index in [2.05, 4.69) is 15.9 Å². The molecule has 0 heterocycles. The van der Waals surface area contributed by atoms with E-state index < -0.39 is 0 Å². The fourth-order valence-electron chi connectivity index (χ4n) is 1.40. The first-order chi connectivity index (χ1) is 6.91. The van der Waals surface area contributed by atoms with Gasteiger partial charge in [0.05, 0.1) is 4.47 Å². The Labute approximate surface area is 97.8 Å². The molecular formula is C12H14BrFO. The SMILES string of the molecule is CC(=O)Cc1cc(C(C)C)cc(Br)c1F. The first kappa shape index (κ1) is 12.4. The van der Waals surface area contributed by atoms with Crippen molar-refractivity contribution in [2.75, 3.05) is 0 Å². The summed E-state index contributed by atoms with van der Waals surface area (Å²) in [5.74, 6) is -0.0242. The van der Waals surface area contributed by atoms with E-state index in [-0.39, 0.29) is 18.0 Å². The van der Waals surface area contributed by atoms with Crippen LogP contribution in [-0.4, -0.2) is 5.78 Å². The Kier molecular flexibility index (Phi) is 4.03. The molecule has 1 rings (SSSR count). The molecule has 0 N–H and O–H groups in total. The molecule has 0 unspecified atom stereocenters. The van der Waals surface area contributed by atoms with Gasteiger partial charge in [0.2, 0.25) is 0 Å². The molecule has 0 atom stereocenters. The molecule has 0 fully saturated rings. The molecule has 0 saturated heterocycles. The third kappa shape index (κ3) is 3.13. The maximum Gasteiger partial charge on any atom is 0.141 e. The van der Waals surface area contributed by atoms with Gasteiger partial charge in [-0.25, -0.2) is 4.39 Å². The largest absolute Gasteiger partial charge is 0.300 e. The van der Waals surface area contributed by atoms with Crippen LogP contribution in [0, 0.1) is 5.82 Å². The number of benzene rings is 1. The van der Waals surface area contributed by atoms with Crippen LogP contribution in [0.25, 0.3) is 0 Å². The van der Waals surface area contributed by atoms with Crippen molar-refractivity contribution in [3.63, 3.8) is 0 Å². The zero-order valence-corrected chi connectivity index (χ0v) is 10.7. The van der Waals surface area contributed by atoms with E-state index in [1.165, 1.54) is 6.92 Å². The summed E-state index contributed by atoms with van der Waals surface area (Å²) in [5, 5.41) is 0. The third-order valence-corrected chi connectivity index (χ3v) is 2.81. The minimum Gasteiger partial charge on any atom is -0.300 e. The van der Waals surface area contributed by atoms with Crippen molar-refractivity contribution in [2.45, 2.75) is 33.1 Å². The Morgan fingerprint density at radius 1 is 1.47 bits per heavy atom. The monoisotopic (exact) mass is 272 g/mol. The van der Waals surface area contributed by atoms with Gasteiger partial charge in [-0.2, -0.15) is 0 Å². The van der Waals surface area contributed by atoms with Crippen molar-refractivity contribution in [2.24, 2.45) is 0 Å². The minimum atomic E-state index is -0.324. The fraction of sp³-hybridized carbons (Fsp3) is 0.417. The molecule has 1 aromatic rings. The zero-order valence-electron chi connectivity index (χ0n) is 9.10. The second-order valence-corrected chi connectivity index (χ2v) is 4.86. The highest BCUT2D eigenvalue weighted by Crippen LogP contribution is 2.26. The van der Waals surface area contributed by atoms with Crippen LogP contribution in [0.5, 0.6) is 0 Å². The topological polar surface area (TPSA) is 17.1 Å². The van der Waals surface area contributed by atoms with E-state index in [0.29, 0.717) is 16.0 Å². The minimum absolute atomic E-state index is 0.0262. The Morgan fingerprint density at radius 2 is 2.07 bits per heavy atom. The van der Waals surface area contributed by atoms with Crippen LogP contribution in [0.2, 0.25) is 0 Å². The summed E-state index contributed by atoms with van der Waals surface area (Å²) in [6, 6.07) is 3.54. The highest BCUT2D eigenvalue weighted by atomic mass is 79.9. The fourth-order valence-corrected chi connectivity index (χ4v) is 1.92. The number of carbonyl (C=O) groups excluding carboxylic acids is 1. The second kappa shape index (κ2) is 4.88. The van der Waals surface area contributed by atoms with E-state index in [0.717, 1.165) is 5.56 Å². The van der Waals surface area contributed by atoms with Crippen LogP contribution < -0.4 is 0 Å². The normalized spacial score (nSPS) is 10.8. The van der Waals surface area contributed by atoms with Gasteiger partial charge in [0.1, 0.15) is 11.6 Å². The van der Waals surface area contributed by atoms with E-state index >= 15 is 0 Å². The Bertz CT molecular complexity index is 385. The van der Waals surface area contributed by atoms with Crippen molar-refractivity contribution >= 4 is 21.7 Å². The molecule has 15 heavy (non-hydrogen) atoms. The van der Waals surface area contributed by atoms with Crippen molar-refractivity contribution < 1.29 is 9.18 Å². The van der Waals surface area contributed by atoms with Crippen molar-refractivity contribution in [1.82, 2.24) is 0 Å². The summed E-state index contributed by atoms with van der Waals surface area (Å²) in [4.78, 5) is 11.0. The van der Waals surface area contributed by atoms with Crippen molar-refractivity contribution in [1.29, 1.82) is 0 Å². The van der Waals surface area contributed by atoms with E-state index in [4.69, 9.17) is 0 Å². The van der Waals surface area contributed by atoms with E-state index in [1.54, 1.807) is 12.1 Å². The number of rotatable bonds is 3. The lowest BCUT2D eigenvalue weighted by Gasteiger charge is -2.10. The first-order valence-electron chi connectivity index (χ1n) is 4.89. The molecule has 3 heteroatoms. The molecule has 0 aliphatic rings. The Hall–Kier alpha value is -0.700. The highest BCUT2D eigenvalue weighted by molar-refractivity contribution is 9.10. The van der Waals surface area contributed by atoms with Crippen LogP contribution in [0.3, 0.4) is 0 Å². The van der Waals surface area contributed by atoms with Gasteiger partial charge in [0.25, 0.3) is 0 Å². The van der Waals surface area contributed by atoms with Crippen LogP contribution >= 0.6 is 15.9 Å². The second-order valence-electron chi connectivity index (χ2n) is 4.01. The lowest BCUT2D eigenvalue weighted by atomic mass is 9.98. The molecule has 0 aliphatic heterocycles. The summed E-state index contributed by atoms with van der Waals surface area (Å²) < 4.78 is 14.0. The molecular weight excluding hydrogens is 259 g/mol. The van der Waals surface area contributed by atoms with Gasteiger partial charge in [-0.3, -0.25) is 4.79 Å². The molecule has 0 aliphatic carbocycles. The molecule has 1 aromatic carbocycles. The number of hydrogen-bond acceptors (Lipinski definition) is 1. The van der Waals surface area contributed by atoms with Crippen molar-refractivity contribution in [3.8, 4) is 0 Å². The Morgan fingerprint density at radius 3 is 2.53 bits per heavy atom. The molecule has 0 spiro atoms. The number of carbonyl (C=O) groups is 1. The van der Waals surface area contributed by atoms with E-state index in [9.17, 15) is 9.18 Å². The predicted molar refractivity (Wildman–Crippen MR) is 62.6 cm³/mol. The van der Waals surface area contributed by atoms with Gasteiger partial charge < -0.3 is 0 Å². The highest BCUT2D eigenvalue weighted by Gasteiger charge is 2.12. The Balaban J connectivity index is 3.18. The molecule has 0 saturated carbocycles. The number of halogens is 2. The summed E-state index contributed by atoms with van der Waals surface area (Å²) in [7, 11) is 0. The average Bonchev–Trinajstić information content (AvgIpc) is 2.11. The maximum absolute atomic E-state index is 13.6. The summed E-state index contributed by atoms with van der Waals surface area (Å²) in [6.07, 6.45) is 0.158. The van der Waals surface area contributed by atoms with Gasteiger partial charge >= 0.3 is 0 Å². The van der Waals surface area contributed by atoms with Gasteiger partial charge in [-0.1, -0.05) is 19.9 Å². The molecule has 0 bridgehead atoms. The average molecular weight is 273 g/mol. The smallest absolute Gasteiger partial charge is 0.141 e. The first-order valence-corrected chi connectivity index (χ1v) is 5.68.